The minimum atomic E-state index is 0.540. The van der Waals surface area contributed by atoms with Gasteiger partial charge in [0.2, 0.25) is 0 Å². The molecule has 0 aromatic heterocycles. The van der Waals surface area contributed by atoms with Crippen LogP contribution in [0, 0.1) is 17.8 Å². The van der Waals surface area contributed by atoms with Gasteiger partial charge < -0.3 is 0 Å². The third-order valence-corrected chi connectivity index (χ3v) is 2.29. The van der Waals surface area contributed by atoms with Crippen LogP contribution in [0.4, 0.5) is 0 Å². The summed E-state index contributed by atoms with van der Waals surface area (Å²) < 4.78 is 0. The first-order chi connectivity index (χ1) is 7.70. The van der Waals surface area contributed by atoms with E-state index in [2.05, 4.69) is 30.7 Å². The van der Waals surface area contributed by atoms with E-state index in [0.29, 0.717) is 12.5 Å². The molecular formula is C14H16ClN. The van der Waals surface area contributed by atoms with E-state index < -0.39 is 0 Å². The lowest BCUT2D eigenvalue weighted by atomic mass is 10.1. The van der Waals surface area contributed by atoms with Crippen LogP contribution < -0.4 is 0 Å². The van der Waals surface area contributed by atoms with E-state index >= 15 is 0 Å². The maximum Gasteiger partial charge on any atom is 0.0997 e. The van der Waals surface area contributed by atoms with Gasteiger partial charge >= 0.3 is 0 Å². The van der Waals surface area contributed by atoms with Crippen LogP contribution in [0.15, 0.2) is 29.3 Å². The van der Waals surface area contributed by atoms with Gasteiger partial charge in [0.15, 0.2) is 0 Å². The van der Waals surface area contributed by atoms with Crippen LogP contribution in [0.1, 0.15) is 25.8 Å². The summed E-state index contributed by atoms with van der Waals surface area (Å²) in [4.78, 5) is 4.22. The molecule has 0 saturated heterocycles. The molecule has 84 valence electrons. The van der Waals surface area contributed by atoms with Gasteiger partial charge in [0.25, 0.3) is 0 Å². The third kappa shape index (κ3) is 5.00. The highest BCUT2D eigenvalue weighted by atomic mass is 35.5. The van der Waals surface area contributed by atoms with E-state index in [1.165, 1.54) is 0 Å². The topological polar surface area (TPSA) is 12.4 Å². The van der Waals surface area contributed by atoms with Crippen molar-refractivity contribution >= 4 is 17.8 Å². The predicted molar refractivity (Wildman–Crippen MR) is 71.1 cm³/mol. The molecule has 0 bridgehead atoms. The maximum atomic E-state index is 5.98. The van der Waals surface area contributed by atoms with Crippen LogP contribution in [0.25, 0.3) is 0 Å². The first kappa shape index (κ1) is 12.8. The van der Waals surface area contributed by atoms with Gasteiger partial charge in [0.05, 0.1) is 6.54 Å². The highest BCUT2D eigenvalue weighted by Crippen LogP contribution is 2.12. The Hall–Kier alpha value is -1.26. The summed E-state index contributed by atoms with van der Waals surface area (Å²) in [6.07, 6.45) is 2.70. The Bertz CT molecular complexity index is 410. The van der Waals surface area contributed by atoms with Crippen molar-refractivity contribution in [1.29, 1.82) is 0 Å². The molecule has 0 spiro atoms. The SMILES string of the molecule is CC(C)CC#CC/N=C/c1ccccc1Cl. The molecule has 1 aromatic rings. The second-order valence-electron chi connectivity index (χ2n) is 3.94. The Morgan fingerprint density at radius 2 is 2.06 bits per heavy atom. The van der Waals surface area contributed by atoms with E-state index in [-0.39, 0.29) is 0 Å². The van der Waals surface area contributed by atoms with Gasteiger partial charge in [0, 0.05) is 23.2 Å². The molecule has 0 atom stereocenters. The summed E-state index contributed by atoms with van der Waals surface area (Å²) in [7, 11) is 0. The van der Waals surface area contributed by atoms with Gasteiger partial charge in [0.1, 0.15) is 0 Å². The summed E-state index contributed by atoms with van der Waals surface area (Å²) in [5, 5.41) is 0.724. The Balaban J connectivity index is 2.43. The van der Waals surface area contributed by atoms with Crippen LogP contribution in [0.3, 0.4) is 0 Å². The number of nitrogens with zero attached hydrogens (tertiary/aromatic N) is 1. The van der Waals surface area contributed by atoms with Gasteiger partial charge in [-0.15, -0.1) is 5.92 Å². The largest absolute Gasteiger partial charge is 0.280 e. The molecule has 16 heavy (non-hydrogen) atoms. The summed E-state index contributed by atoms with van der Waals surface area (Å²) in [6.45, 7) is 4.85. The summed E-state index contributed by atoms with van der Waals surface area (Å²) >= 11 is 5.98. The lowest BCUT2D eigenvalue weighted by molar-refractivity contribution is 0.675. The average molecular weight is 234 g/mol. The molecular weight excluding hydrogens is 218 g/mol. The Labute approximate surface area is 103 Å². The molecule has 0 saturated carbocycles. The summed E-state index contributed by atoms with van der Waals surface area (Å²) in [6, 6.07) is 7.64. The van der Waals surface area contributed by atoms with Crippen molar-refractivity contribution in [3.63, 3.8) is 0 Å². The van der Waals surface area contributed by atoms with Crippen LogP contribution >= 0.6 is 11.6 Å². The van der Waals surface area contributed by atoms with E-state index in [4.69, 9.17) is 11.6 Å². The minimum absolute atomic E-state index is 0.540. The molecule has 1 aromatic carbocycles. The Kier molecular flexibility index (Phi) is 5.67. The van der Waals surface area contributed by atoms with E-state index in [9.17, 15) is 0 Å². The van der Waals surface area contributed by atoms with Crippen LogP contribution in [0.2, 0.25) is 5.02 Å². The Morgan fingerprint density at radius 1 is 1.31 bits per heavy atom. The molecule has 2 heteroatoms. The zero-order valence-electron chi connectivity index (χ0n) is 9.70. The smallest absolute Gasteiger partial charge is 0.0997 e. The zero-order chi connectivity index (χ0) is 11.8. The molecule has 0 aliphatic heterocycles. The van der Waals surface area contributed by atoms with Crippen molar-refractivity contribution in [3.05, 3.63) is 34.9 Å². The summed E-state index contributed by atoms with van der Waals surface area (Å²) in [5.74, 6) is 6.73. The monoisotopic (exact) mass is 233 g/mol. The number of hydrogen-bond acceptors (Lipinski definition) is 1. The molecule has 0 fully saturated rings. The number of rotatable bonds is 3. The second kappa shape index (κ2) is 7.09. The fraction of sp³-hybridized carbons (Fsp3) is 0.357. The van der Waals surface area contributed by atoms with Crippen molar-refractivity contribution in [2.45, 2.75) is 20.3 Å². The van der Waals surface area contributed by atoms with Crippen molar-refractivity contribution in [2.24, 2.45) is 10.9 Å². The lowest BCUT2D eigenvalue weighted by Crippen LogP contribution is -1.85. The van der Waals surface area contributed by atoms with Crippen molar-refractivity contribution in [3.8, 4) is 11.8 Å². The number of benzene rings is 1. The summed E-state index contributed by atoms with van der Waals surface area (Å²) in [5.41, 5.74) is 0.940. The van der Waals surface area contributed by atoms with Crippen LogP contribution in [-0.4, -0.2) is 12.8 Å². The normalized spacial score (nSPS) is 10.5. The van der Waals surface area contributed by atoms with Crippen molar-refractivity contribution in [1.82, 2.24) is 0 Å². The highest BCUT2D eigenvalue weighted by Gasteiger charge is 1.92. The number of halogens is 1. The average Bonchev–Trinajstić information content (AvgIpc) is 2.25. The Morgan fingerprint density at radius 3 is 2.75 bits per heavy atom. The lowest BCUT2D eigenvalue weighted by Gasteiger charge is -1.94. The first-order valence-corrected chi connectivity index (χ1v) is 5.78. The predicted octanol–water partition coefficient (Wildman–Crippen LogP) is 3.81. The fourth-order valence-corrected chi connectivity index (χ4v) is 1.29. The number of hydrogen-bond donors (Lipinski definition) is 0. The maximum absolute atomic E-state index is 5.98. The fourth-order valence-electron chi connectivity index (χ4n) is 1.10. The number of aliphatic imine (C=N–C) groups is 1. The van der Waals surface area contributed by atoms with Crippen molar-refractivity contribution in [2.75, 3.05) is 6.54 Å². The van der Waals surface area contributed by atoms with Gasteiger partial charge in [-0.2, -0.15) is 0 Å². The van der Waals surface area contributed by atoms with Crippen LogP contribution in [-0.2, 0) is 0 Å². The van der Waals surface area contributed by atoms with E-state index in [1.807, 2.05) is 24.3 Å². The molecule has 1 nitrogen and oxygen atoms in total. The zero-order valence-corrected chi connectivity index (χ0v) is 10.5. The van der Waals surface area contributed by atoms with E-state index in [1.54, 1.807) is 6.21 Å². The first-order valence-electron chi connectivity index (χ1n) is 5.40. The van der Waals surface area contributed by atoms with Crippen LogP contribution in [0.5, 0.6) is 0 Å². The van der Waals surface area contributed by atoms with E-state index in [0.717, 1.165) is 17.0 Å². The highest BCUT2D eigenvalue weighted by molar-refractivity contribution is 6.33. The molecule has 1 rings (SSSR count). The minimum Gasteiger partial charge on any atom is -0.280 e. The molecule has 0 amide bonds. The van der Waals surface area contributed by atoms with Crippen molar-refractivity contribution < 1.29 is 0 Å². The molecule has 0 N–H and O–H groups in total. The van der Waals surface area contributed by atoms with Gasteiger partial charge in [-0.05, 0) is 12.0 Å². The van der Waals surface area contributed by atoms with Gasteiger partial charge in [-0.25, -0.2) is 0 Å². The van der Waals surface area contributed by atoms with Gasteiger partial charge in [-0.3, -0.25) is 4.99 Å². The molecule has 0 aliphatic carbocycles. The standard InChI is InChI=1S/C14H16ClN/c1-12(2)7-5-6-10-16-11-13-8-3-4-9-14(13)15/h3-4,8-9,11-12H,7,10H2,1-2H3/b16-11+. The molecule has 0 aliphatic rings. The molecule has 0 radical (unpaired) electrons. The van der Waals surface area contributed by atoms with Gasteiger partial charge in [-0.1, -0.05) is 49.6 Å². The second-order valence-corrected chi connectivity index (χ2v) is 4.35. The third-order valence-electron chi connectivity index (χ3n) is 1.94. The molecule has 0 unspecified atom stereocenters. The molecule has 0 heterocycles. The quantitative estimate of drug-likeness (QED) is 0.556.